The van der Waals surface area contributed by atoms with Crippen molar-refractivity contribution in [1.29, 1.82) is 0 Å². The predicted octanol–water partition coefficient (Wildman–Crippen LogP) is 4.62. The third-order valence-electron chi connectivity index (χ3n) is 6.72. The summed E-state index contributed by atoms with van der Waals surface area (Å²) < 4.78 is 28.7. The van der Waals surface area contributed by atoms with Gasteiger partial charge in [-0.1, -0.05) is 53.4 Å². The monoisotopic (exact) mass is 563 g/mol. The van der Waals surface area contributed by atoms with E-state index in [1.807, 2.05) is 6.07 Å². The maximum atomic E-state index is 13.8. The van der Waals surface area contributed by atoms with Crippen molar-refractivity contribution >= 4 is 52.2 Å². The van der Waals surface area contributed by atoms with Crippen LogP contribution in [0.2, 0.25) is 0 Å². The first kappa shape index (κ1) is 25.2. The number of benzene rings is 3. The average molecular weight is 564 g/mol. The molecule has 0 unspecified atom stereocenters. The Morgan fingerprint density at radius 2 is 1.49 bits per heavy atom. The van der Waals surface area contributed by atoms with Gasteiger partial charge in [-0.05, 0) is 54.1 Å². The predicted molar refractivity (Wildman–Crippen MR) is 144 cm³/mol. The summed E-state index contributed by atoms with van der Waals surface area (Å²) in [6.45, 7) is -0.288. The van der Waals surface area contributed by atoms with Crippen molar-refractivity contribution in [2.45, 2.75) is 22.7 Å². The Kier molecular flexibility index (Phi) is 6.40. The van der Waals surface area contributed by atoms with Crippen LogP contribution < -0.4 is 15.1 Å². The molecule has 0 radical (unpaired) electrons. The van der Waals surface area contributed by atoms with E-state index in [0.29, 0.717) is 21.2 Å². The number of hydrogen-bond acceptors (Lipinski definition) is 6. The molecular formula is C28H19F2N3O4S2. The maximum Gasteiger partial charge on any atom is 0.308 e. The Morgan fingerprint density at radius 1 is 0.846 bits per heavy atom. The van der Waals surface area contributed by atoms with Gasteiger partial charge < -0.3 is 5.32 Å². The molecule has 0 saturated carbocycles. The van der Waals surface area contributed by atoms with E-state index in [2.05, 4.69) is 5.32 Å². The summed E-state index contributed by atoms with van der Waals surface area (Å²) in [6.07, 6.45) is 0. The van der Waals surface area contributed by atoms with E-state index in [9.17, 15) is 28.0 Å². The number of fused-ring (bicyclic) bond motifs is 2. The first-order valence-corrected chi connectivity index (χ1v) is 13.7. The summed E-state index contributed by atoms with van der Waals surface area (Å²) in [5, 5.41) is 2.28. The number of carbonyl (C=O) groups excluding carboxylic acids is 3. The highest BCUT2D eigenvalue weighted by Crippen LogP contribution is 2.53. The molecule has 3 heterocycles. The number of aromatic nitrogens is 1. The molecule has 3 aromatic carbocycles. The molecule has 1 aromatic heterocycles. The van der Waals surface area contributed by atoms with Gasteiger partial charge in [0.25, 0.3) is 0 Å². The first-order chi connectivity index (χ1) is 18.8. The van der Waals surface area contributed by atoms with Crippen LogP contribution in [0.4, 0.5) is 20.2 Å². The summed E-state index contributed by atoms with van der Waals surface area (Å²) in [6, 6.07) is 19.4. The molecule has 7 nitrogen and oxygen atoms in total. The fourth-order valence-electron chi connectivity index (χ4n) is 4.99. The zero-order valence-corrected chi connectivity index (χ0v) is 21.7. The summed E-state index contributed by atoms with van der Waals surface area (Å²) in [7, 11) is 0. The van der Waals surface area contributed by atoms with E-state index < -0.39 is 51.3 Å². The van der Waals surface area contributed by atoms with E-state index in [4.69, 9.17) is 0 Å². The number of thioether (sulfide) groups is 1. The lowest BCUT2D eigenvalue weighted by atomic mass is 9.83. The topological polar surface area (TPSA) is 88.5 Å². The van der Waals surface area contributed by atoms with Gasteiger partial charge in [-0.3, -0.25) is 23.7 Å². The van der Waals surface area contributed by atoms with Gasteiger partial charge in [0.2, 0.25) is 17.7 Å². The SMILES string of the molecule is O=C(Cn1c2c(sc1=O)[C@@H](c1ccc(F)cc1)[C@@H]1C(=O)N(c3ccc(F)cc3)C(=O)[C@@H]1S2)Nc1ccccc1. The third kappa shape index (κ3) is 4.47. The fourth-order valence-corrected chi connectivity index (χ4v) is 7.77. The molecule has 6 rings (SSSR count). The van der Waals surface area contributed by atoms with Gasteiger partial charge in [-0.2, -0.15) is 0 Å². The second-order valence-electron chi connectivity index (χ2n) is 9.12. The number of para-hydroxylation sites is 1. The Balaban J connectivity index is 1.42. The zero-order valence-electron chi connectivity index (χ0n) is 20.0. The maximum absolute atomic E-state index is 13.8. The first-order valence-electron chi connectivity index (χ1n) is 12.0. The number of anilines is 2. The normalized spacial score (nSPS) is 20.1. The van der Waals surface area contributed by atoms with Crippen LogP contribution >= 0.6 is 23.1 Å². The molecule has 1 saturated heterocycles. The minimum absolute atomic E-state index is 0.238. The zero-order chi connectivity index (χ0) is 27.3. The van der Waals surface area contributed by atoms with Crippen molar-refractivity contribution in [2.24, 2.45) is 5.92 Å². The molecule has 196 valence electrons. The molecule has 39 heavy (non-hydrogen) atoms. The molecule has 2 aliphatic heterocycles. The number of carbonyl (C=O) groups is 3. The molecular weight excluding hydrogens is 544 g/mol. The summed E-state index contributed by atoms with van der Waals surface area (Å²) >= 11 is 1.98. The quantitative estimate of drug-likeness (QED) is 0.358. The van der Waals surface area contributed by atoms with Crippen molar-refractivity contribution < 1.29 is 23.2 Å². The third-order valence-corrected chi connectivity index (χ3v) is 9.33. The van der Waals surface area contributed by atoms with Crippen LogP contribution in [0.1, 0.15) is 16.4 Å². The highest BCUT2D eigenvalue weighted by molar-refractivity contribution is 8.00. The van der Waals surface area contributed by atoms with E-state index in [0.717, 1.165) is 28.0 Å². The van der Waals surface area contributed by atoms with Crippen molar-refractivity contribution in [3.63, 3.8) is 0 Å². The second kappa shape index (κ2) is 9.90. The molecule has 0 aliphatic carbocycles. The Bertz CT molecular complexity index is 1650. The average Bonchev–Trinajstić information content (AvgIpc) is 3.36. The molecule has 11 heteroatoms. The highest BCUT2D eigenvalue weighted by atomic mass is 32.2. The fraction of sp³-hybridized carbons (Fsp3) is 0.143. The molecule has 2 aliphatic rings. The minimum atomic E-state index is -0.900. The minimum Gasteiger partial charge on any atom is -0.325 e. The van der Waals surface area contributed by atoms with Gasteiger partial charge >= 0.3 is 4.87 Å². The Hall–Kier alpha value is -4.09. The molecule has 3 atom stereocenters. The van der Waals surface area contributed by atoms with Crippen LogP contribution in [0.3, 0.4) is 0 Å². The number of rotatable bonds is 5. The van der Waals surface area contributed by atoms with E-state index in [1.165, 1.54) is 53.1 Å². The molecule has 1 N–H and O–H groups in total. The van der Waals surface area contributed by atoms with Gasteiger partial charge in [0.1, 0.15) is 23.4 Å². The molecule has 1 fully saturated rings. The van der Waals surface area contributed by atoms with Gasteiger partial charge in [0.05, 0.1) is 16.6 Å². The number of thiazole rings is 1. The summed E-state index contributed by atoms with van der Waals surface area (Å²) in [4.78, 5) is 54.5. The standard InChI is InChI=1S/C28H19F2N3O4S2/c29-16-8-6-15(7-9-16)21-22-23(26(36)33(25(22)35)19-12-10-17(30)11-13-19)38-27-24(21)39-28(37)32(27)14-20(34)31-18-4-2-1-3-5-18/h1-13,21-23H,14H2,(H,31,34)/t21-,22-,23+/m0/s1. The summed E-state index contributed by atoms with van der Waals surface area (Å²) in [5.41, 5.74) is 1.38. The molecule has 0 bridgehead atoms. The highest BCUT2D eigenvalue weighted by Gasteiger charge is 2.56. The number of nitrogens with one attached hydrogen (secondary N) is 1. The van der Waals surface area contributed by atoms with Gasteiger partial charge in [-0.25, -0.2) is 13.7 Å². The number of imide groups is 1. The lowest BCUT2D eigenvalue weighted by Gasteiger charge is -2.30. The van der Waals surface area contributed by atoms with Crippen molar-refractivity contribution in [3.05, 3.63) is 111 Å². The van der Waals surface area contributed by atoms with Crippen LogP contribution in [0.25, 0.3) is 0 Å². The molecule has 4 aromatic rings. The van der Waals surface area contributed by atoms with Crippen molar-refractivity contribution in [2.75, 3.05) is 10.2 Å². The molecule has 3 amide bonds. The Morgan fingerprint density at radius 3 is 2.15 bits per heavy atom. The summed E-state index contributed by atoms with van der Waals surface area (Å²) in [5.74, 6) is -3.98. The largest absolute Gasteiger partial charge is 0.325 e. The van der Waals surface area contributed by atoms with Crippen LogP contribution in [0, 0.1) is 17.6 Å². The Labute approximate surface area is 229 Å². The van der Waals surface area contributed by atoms with E-state index in [1.54, 1.807) is 24.3 Å². The number of halogens is 2. The van der Waals surface area contributed by atoms with Gasteiger partial charge in [0, 0.05) is 16.5 Å². The number of hydrogen-bond donors (Lipinski definition) is 1. The van der Waals surface area contributed by atoms with Crippen LogP contribution in [-0.4, -0.2) is 27.5 Å². The van der Waals surface area contributed by atoms with Crippen LogP contribution in [0.15, 0.2) is 88.7 Å². The van der Waals surface area contributed by atoms with Gasteiger partial charge in [0.15, 0.2) is 0 Å². The van der Waals surface area contributed by atoms with Crippen molar-refractivity contribution in [3.8, 4) is 0 Å². The van der Waals surface area contributed by atoms with E-state index in [-0.39, 0.29) is 12.2 Å². The molecule has 0 spiro atoms. The lowest BCUT2D eigenvalue weighted by Crippen LogP contribution is -2.33. The van der Waals surface area contributed by atoms with Crippen LogP contribution in [0.5, 0.6) is 0 Å². The number of amides is 3. The number of nitrogens with zero attached hydrogens (tertiary/aromatic N) is 2. The van der Waals surface area contributed by atoms with Crippen molar-refractivity contribution in [1.82, 2.24) is 4.57 Å². The smallest absolute Gasteiger partial charge is 0.308 e. The van der Waals surface area contributed by atoms with Gasteiger partial charge in [-0.15, -0.1) is 0 Å². The van der Waals surface area contributed by atoms with Crippen LogP contribution in [-0.2, 0) is 20.9 Å². The second-order valence-corrected chi connectivity index (χ2v) is 11.2. The lowest BCUT2D eigenvalue weighted by molar-refractivity contribution is -0.122. The van der Waals surface area contributed by atoms with E-state index >= 15 is 0 Å².